The minimum atomic E-state index is -0.667. The molecule has 0 saturated carbocycles. The number of halogens is 2. The summed E-state index contributed by atoms with van der Waals surface area (Å²) < 4.78 is 31.6. The van der Waals surface area contributed by atoms with E-state index in [1.54, 1.807) is 30.3 Å². The van der Waals surface area contributed by atoms with Crippen LogP contribution in [0, 0.1) is 5.82 Å². The maximum absolute atomic E-state index is 14.0. The second-order valence-corrected chi connectivity index (χ2v) is 7.53. The van der Waals surface area contributed by atoms with Crippen molar-refractivity contribution in [2.45, 2.75) is 6.61 Å². The molecule has 0 amide bonds. The summed E-state index contributed by atoms with van der Waals surface area (Å²) in [5, 5.41) is 0. The SMILES string of the molecule is COc1cccc(/C=C2\N=C(c3ccccc3F)OC2=O)c1OCc1ccc(Br)cc1. The van der Waals surface area contributed by atoms with Crippen molar-refractivity contribution in [1.29, 1.82) is 0 Å². The third-order valence-corrected chi connectivity index (χ3v) is 5.07. The van der Waals surface area contributed by atoms with E-state index in [1.165, 1.54) is 25.3 Å². The number of carbonyl (C=O) groups excluding carboxylic acids is 1. The van der Waals surface area contributed by atoms with E-state index in [4.69, 9.17) is 14.2 Å². The molecule has 0 unspecified atom stereocenters. The Balaban J connectivity index is 1.66. The van der Waals surface area contributed by atoms with Crippen LogP contribution in [0.25, 0.3) is 6.08 Å². The Labute approximate surface area is 186 Å². The number of carbonyl (C=O) groups is 1. The Kier molecular flexibility index (Phi) is 6.13. The molecule has 4 rings (SSSR count). The molecule has 1 aliphatic heterocycles. The number of para-hydroxylation sites is 1. The number of rotatable bonds is 6. The van der Waals surface area contributed by atoms with Crippen LogP contribution in [0.15, 0.2) is 81.9 Å². The molecule has 0 radical (unpaired) electrons. The van der Waals surface area contributed by atoms with E-state index >= 15 is 0 Å². The number of nitrogens with zero attached hydrogens (tertiary/aromatic N) is 1. The van der Waals surface area contributed by atoms with Gasteiger partial charge in [-0.25, -0.2) is 14.2 Å². The molecule has 5 nitrogen and oxygen atoms in total. The minimum absolute atomic E-state index is 0.0417. The predicted octanol–water partition coefficient (Wildman–Crippen LogP) is 5.52. The van der Waals surface area contributed by atoms with E-state index in [0.717, 1.165) is 10.0 Å². The molecule has 0 atom stereocenters. The maximum atomic E-state index is 14.0. The summed E-state index contributed by atoms with van der Waals surface area (Å²) in [6.07, 6.45) is 1.54. The summed E-state index contributed by atoms with van der Waals surface area (Å²) in [5.74, 6) is -0.288. The van der Waals surface area contributed by atoms with Crippen molar-refractivity contribution in [2.75, 3.05) is 7.11 Å². The Hall–Kier alpha value is -3.45. The van der Waals surface area contributed by atoms with Crippen LogP contribution in [-0.4, -0.2) is 19.0 Å². The molecule has 0 bridgehead atoms. The number of hydrogen-bond acceptors (Lipinski definition) is 5. The second-order valence-electron chi connectivity index (χ2n) is 6.61. The number of hydrogen-bond donors (Lipinski definition) is 0. The van der Waals surface area contributed by atoms with Crippen LogP contribution in [0.1, 0.15) is 16.7 Å². The van der Waals surface area contributed by atoms with E-state index in [-0.39, 0.29) is 17.2 Å². The molecule has 1 heterocycles. The normalized spacial score (nSPS) is 14.4. The summed E-state index contributed by atoms with van der Waals surface area (Å²) in [6.45, 7) is 0.304. The van der Waals surface area contributed by atoms with Gasteiger partial charge < -0.3 is 14.2 Å². The lowest BCUT2D eigenvalue weighted by atomic mass is 10.1. The lowest BCUT2D eigenvalue weighted by molar-refractivity contribution is -0.129. The molecule has 156 valence electrons. The Morgan fingerprint density at radius 3 is 2.58 bits per heavy atom. The highest BCUT2D eigenvalue weighted by molar-refractivity contribution is 9.10. The lowest BCUT2D eigenvalue weighted by Crippen LogP contribution is -2.07. The Morgan fingerprint density at radius 1 is 1.06 bits per heavy atom. The van der Waals surface area contributed by atoms with Gasteiger partial charge in [0.15, 0.2) is 17.2 Å². The number of methoxy groups -OCH3 is 1. The zero-order valence-electron chi connectivity index (χ0n) is 16.5. The van der Waals surface area contributed by atoms with Crippen molar-refractivity contribution in [3.8, 4) is 11.5 Å². The third-order valence-electron chi connectivity index (χ3n) is 4.54. The zero-order chi connectivity index (χ0) is 21.8. The largest absolute Gasteiger partial charge is 0.493 e. The fourth-order valence-corrected chi connectivity index (χ4v) is 3.27. The molecule has 0 aliphatic carbocycles. The average molecular weight is 482 g/mol. The van der Waals surface area contributed by atoms with Gasteiger partial charge in [0.2, 0.25) is 5.90 Å². The van der Waals surface area contributed by atoms with Gasteiger partial charge in [-0.2, -0.15) is 0 Å². The summed E-state index contributed by atoms with van der Waals surface area (Å²) in [5.41, 5.74) is 1.71. The molecular weight excluding hydrogens is 465 g/mol. The van der Waals surface area contributed by atoms with Gasteiger partial charge in [0, 0.05) is 10.0 Å². The van der Waals surface area contributed by atoms with Crippen molar-refractivity contribution in [2.24, 2.45) is 4.99 Å². The van der Waals surface area contributed by atoms with Gasteiger partial charge in [-0.1, -0.05) is 52.3 Å². The highest BCUT2D eigenvalue weighted by Crippen LogP contribution is 2.34. The first kappa shape index (κ1) is 20.8. The molecule has 0 saturated heterocycles. The summed E-state index contributed by atoms with van der Waals surface area (Å²) >= 11 is 3.41. The molecule has 7 heteroatoms. The van der Waals surface area contributed by atoms with E-state index in [1.807, 2.05) is 24.3 Å². The quantitative estimate of drug-likeness (QED) is 0.343. The van der Waals surface area contributed by atoms with Gasteiger partial charge >= 0.3 is 5.97 Å². The molecule has 0 fully saturated rings. The molecule has 31 heavy (non-hydrogen) atoms. The average Bonchev–Trinajstić information content (AvgIpc) is 3.14. The van der Waals surface area contributed by atoms with Gasteiger partial charge in [-0.05, 0) is 42.0 Å². The molecule has 0 aromatic heterocycles. The van der Waals surface area contributed by atoms with Crippen molar-refractivity contribution < 1.29 is 23.4 Å². The number of esters is 1. The summed E-state index contributed by atoms with van der Waals surface area (Å²) in [6, 6.07) is 19.0. The predicted molar refractivity (Wildman–Crippen MR) is 118 cm³/mol. The van der Waals surface area contributed by atoms with Gasteiger partial charge in [-0.3, -0.25) is 0 Å². The highest BCUT2D eigenvalue weighted by atomic mass is 79.9. The van der Waals surface area contributed by atoms with Gasteiger partial charge in [0.1, 0.15) is 12.4 Å². The van der Waals surface area contributed by atoms with Crippen molar-refractivity contribution in [3.63, 3.8) is 0 Å². The Bertz CT molecular complexity index is 1190. The molecule has 3 aromatic rings. The van der Waals surface area contributed by atoms with E-state index in [9.17, 15) is 9.18 Å². The fourth-order valence-electron chi connectivity index (χ4n) is 3.00. The molecule has 1 aliphatic rings. The number of cyclic esters (lactones) is 1. The lowest BCUT2D eigenvalue weighted by Gasteiger charge is -2.13. The van der Waals surface area contributed by atoms with Gasteiger partial charge in [0.05, 0.1) is 12.7 Å². The fraction of sp³-hybridized carbons (Fsp3) is 0.0833. The van der Waals surface area contributed by atoms with E-state index in [0.29, 0.717) is 23.7 Å². The molecule has 3 aromatic carbocycles. The highest BCUT2D eigenvalue weighted by Gasteiger charge is 2.26. The van der Waals surface area contributed by atoms with Crippen LogP contribution in [0.2, 0.25) is 0 Å². The Morgan fingerprint density at radius 2 is 1.84 bits per heavy atom. The summed E-state index contributed by atoms with van der Waals surface area (Å²) in [7, 11) is 1.54. The molecule has 0 N–H and O–H groups in total. The number of ether oxygens (including phenoxy) is 3. The van der Waals surface area contributed by atoms with Crippen LogP contribution in [0.3, 0.4) is 0 Å². The summed E-state index contributed by atoms with van der Waals surface area (Å²) in [4.78, 5) is 16.5. The van der Waals surface area contributed by atoms with Crippen LogP contribution in [-0.2, 0) is 16.1 Å². The number of benzene rings is 3. The number of aliphatic imine (C=N–C) groups is 1. The van der Waals surface area contributed by atoms with Crippen molar-refractivity contribution >= 4 is 33.9 Å². The molecular formula is C24H17BrFNO4. The van der Waals surface area contributed by atoms with E-state index in [2.05, 4.69) is 20.9 Å². The van der Waals surface area contributed by atoms with E-state index < -0.39 is 11.8 Å². The minimum Gasteiger partial charge on any atom is -0.493 e. The first-order valence-electron chi connectivity index (χ1n) is 9.37. The third kappa shape index (κ3) is 4.67. The smallest absolute Gasteiger partial charge is 0.363 e. The zero-order valence-corrected chi connectivity index (χ0v) is 18.1. The first-order chi connectivity index (χ1) is 15.0. The van der Waals surface area contributed by atoms with Crippen LogP contribution in [0.5, 0.6) is 11.5 Å². The van der Waals surface area contributed by atoms with Gasteiger partial charge in [0.25, 0.3) is 0 Å². The van der Waals surface area contributed by atoms with Crippen LogP contribution in [0.4, 0.5) is 4.39 Å². The van der Waals surface area contributed by atoms with Crippen LogP contribution < -0.4 is 9.47 Å². The maximum Gasteiger partial charge on any atom is 0.363 e. The standard InChI is InChI=1S/C24H17BrFNO4/c1-29-21-8-4-5-16(22(21)30-14-15-9-11-17(25)12-10-15)13-20-24(28)31-23(27-20)18-6-2-3-7-19(18)26/h2-13H,14H2,1H3/b20-13-. The van der Waals surface area contributed by atoms with Crippen LogP contribution >= 0.6 is 15.9 Å². The topological polar surface area (TPSA) is 57.1 Å². The molecule has 0 spiro atoms. The second kappa shape index (κ2) is 9.14. The van der Waals surface area contributed by atoms with Gasteiger partial charge in [-0.15, -0.1) is 0 Å². The van der Waals surface area contributed by atoms with Crippen molar-refractivity contribution in [3.05, 3.63) is 99.4 Å². The van der Waals surface area contributed by atoms with Crippen molar-refractivity contribution in [1.82, 2.24) is 0 Å². The first-order valence-corrected chi connectivity index (χ1v) is 10.2. The monoisotopic (exact) mass is 481 g/mol.